The number of benzene rings is 1. The highest BCUT2D eigenvalue weighted by Gasteiger charge is 2.19. The molecule has 1 aliphatic rings. The van der Waals surface area contributed by atoms with Crippen molar-refractivity contribution in [1.82, 2.24) is 5.16 Å². The minimum absolute atomic E-state index is 0.123. The number of aromatic carboxylic acids is 1. The molecule has 1 aromatic heterocycles. The van der Waals surface area contributed by atoms with Crippen molar-refractivity contribution in [3.63, 3.8) is 0 Å². The Bertz CT molecular complexity index is 694. The molecular weight excluding hydrogens is 318 g/mol. The highest BCUT2D eigenvalue weighted by atomic mass is 32.2. The van der Waals surface area contributed by atoms with Crippen molar-refractivity contribution in [2.45, 2.75) is 18.9 Å². The number of ether oxygens (including phenoxy) is 2. The van der Waals surface area contributed by atoms with Gasteiger partial charge in [0, 0.05) is 17.4 Å². The van der Waals surface area contributed by atoms with Crippen LogP contribution < -0.4 is 9.47 Å². The Hall–Kier alpha value is -2.15. The Kier molecular flexibility index (Phi) is 4.76. The maximum Gasteiger partial charge on any atom is 0.358 e. The number of carbonyl (C=O) groups is 1. The van der Waals surface area contributed by atoms with Crippen LogP contribution in [0.4, 0.5) is 0 Å². The molecule has 23 heavy (non-hydrogen) atoms. The molecule has 1 aliphatic heterocycles. The van der Waals surface area contributed by atoms with E-state index in [2.05, 4.69) is 5.16 Å². The van der Waals surface area contributed by atoms with E-state index in [-0.39, 0.29) is 11.8 Å². The Morgan fingerprint density at radius 3 is 2.91 bits per heavy atom. The molecule has 1 saturated heterocycles. The van der Waals surface area contributed by atoms with Gasteiger partial charge in [0.2, 0.25) is 0 Å². The first-order chi connectivity index (χ1) is 11.2. The average Bonchev–Trinajstić information content (AvgIpc) is 3.06. The maximum atomic E-state index is 10.9. The molecule has 2 heterocycles. The Labute approximate surface area is 137 Å². The van der Waals surface area contributed by atoms with Gasteiger partial charge < -0.3 is 19.1 Å². The summed E-state index contributed by atoms with van der Waals surface area (Å²) in [4.78, 5) is 10.9. The number of aromatic nitrogens is 1. The summed E-state index contributed by atoms with van der Waals surface area (Å²) in [6.45, 7) is 0. The Balaban J connectivity index is 1.86. The molecule has 1 unspecified atom stereocenters. The van der Waals surface area contributed by atoms with Gasteiger partial charge in [0.05, 0.1) is 7.11 Å². The summed E-state index contributed by atoms with van der Waals surface area (Å²) in [7, 11) is 1.59. The van der Waals surface area contributed by atoms with Gasteiger partial charge in [-0.3, -0.25) is 0 Å². The molecule has 2 aromatic rings. The number of methoxy groups -OCH3 is 1. The van der Waals surface area contributed by atoms with Gasteiger partial charge in [0.25, 0.3) is 0 Å². The molecule has 0 amide bonds. The number of nitrogens with zero attached hydrogens (tertiary/aromatic N) is 1. The SMILES string of the molecule is COc1ccc(-c2cc(C(=O)O)no2)cc1OC1CCCSC1. The molecular formula is C16H17NO5S. The summed E-state index contributed by atoms with van der Waals surface area (Å²) in [5.41, 5.74) is 0.575. The first-order valence-corrected chi connectivity index (χ1v) is 8.45. The number of hydrogen-bond acceptors (Lipinski definition) is 6. The van der Waals surface area contributed by atoms with Gasteiger partial charge in [0.1, 0.15) is 6.10 Å². The summed E-state index contributed by atoms with van der Waals surface area (Å²) < 4.78 is 16.5. The van der Waals surface area contributed by atoms with E-state index >= 15 is 0 Å². The van der Waals surface area contributed by atoms with Crippen LogP contribution in [-0.4, -0.2) is 41.0 Å². The van der Waals surface area contributed by atoms with Gasteiger partial charge in [-0.2, -0.15) is 11.8 Å². The van der Waals surface area contributed by atoms with Crippen molar-refractivity contribution in [3.05, 3.63) is 30.0 Å². The minimum atomic E-state index is -1.12. The lowest BCUT2D eigenvalue weighted by Crippen LogP contribution is -2.23. The van der Waals surface area contributed by atoms with E-state index in [1.807, 2.05) is 11.8 Å². The van der Waals surface area contributed by atoms with Crippen molar-refractivity contribution in [2.75, 3.05) is 18.6 Å². The van der Waals surface area contributed by atoms with Crippen molar-refractivity contribution < 1.29 is 23.9 Å². The van der Waals surface area contributed by atoms with E-state index in [4.69, 9.17) is 19.1 Å². The number of carboxylic acid groups (broad SMARTS) is 1. The van der Waals surface area contributed by atoms with Crippen molar-refractivity contribution in [1.29, 1.82) is 0 Å². The van der Waals surface area contributed by atoms with Crippen LogP contribution in [-0.2, 0) is 0 Å². The highest BCUT2D eigenvalue weighted by molar-refractivity contribution is 7.99. The summed E-state index contributed by atoms with van der Waals surface area (Å²) in [5, 5.41) is 12.5. The highest BCUT2D eigenvalue weighted by Crippen LogP contribution is 2.35. The van der Waals surface area contributed by atoms with E-state index in [0.717, 1.165) is 18.6 Å². The second-order valence-corrected chi connectivity index (χ2v) is 6.35. The first kappa shape index (κ1) is 15.7. The second kappa shape index (κ2) is 6.95. The van der Waals surface area contributed by atoms with Crippen LogP contribution >= 0.6 is 11.8 Å². The van der Waals surface area contributed by atoms with Crippen LogP contribution in [0, 0.1) is 0 Å². The van der Waals surface area contributed by atoms with Crippen LogP contribution in [0.5, 0.6) is 11.5 Å². The minimum Gasteiger partial charge on any atom is -0.493 e. The Morgan fingerprint density at radius 1 is 1.39 bits per heavy atom. The van der Waals surface area contributed by atoms with Gasteiger partial charge in [-0.15, -0.1) is 0 Å². The zero-order chi connectivity index (χ0) is 16.2. The molecule has 0 radical (unpaired) electrons. The molecule has 1 aromatic carbocycles. The van der Waals surface area contributed by atoms with Gasteiger partial charge in [-0.1, -0.05) is 5.16 Å². The molecule has 0 spiro atoms. The third-order valence-electron chi connectivity index (χ3n) is 3.59. The normalized spacial score (nSPS) is 17.7. The average molecular weight is 335 g/mol. The first-order valence-electron chi connectivity index (χ1n) is 7.30. The van der Waals surface area contributed by atoms with E-state index in [0.29, 0.717) is 22.8 Å². The van der Waals surface area contributed by atoms with Gasteiger partial charge in [0.15, 0.2) is 23.0 Å². The van der Waals surface area contributed by atoms with E-state index in [1.54, 1.807) is 25.3 Å². The Morgan fingerprint density at radius 2 is 2.26 bits per heavy atom. The fourth-order valence-corrected chi connectivity index (χ4v) is 3.45. The molecule has 1 atom stereocenters. The zero-order valence-electron chi connectivity index (χ0n) is 12.7. The maximum absolute atomic E-state index is 10.9. The molecule has 3 rings (SSSR count). The lowest BCUT2D eigenvalue weighted by atomic mass is 10.1. The van der Waals surface area contributed by atoms with E-state index < -0.39 is 5.97 Å². The number of hydrogen-bond donors (Lipinski definition) is 1. The standard InChI is InChI=1S/C16H17NO5S/c1-20-13-5-4-10(14-8-12(16(18)19)17-22-14)7-15(13)21-11-3-2-6-23-9-11/h4-5,7-8,11H,2-3,6,9H2,1H3,(H,18,19). The quantitative estimate of drug-likeness (QED) is 0.897. The van der Waals surface area contributed by atoms with Gasteiger partial charge in [-0.05, 0) is 36.8 Å². The van der Waals surface area contributed by atoms with Crippen LogP contribution in [0.2, 0.25) is 0 Å². The predicted octanol–water partition coefficient (Wildman–Crippen LogP) is 3.32. The molecule has 6 nitrogen and oxygen atoms in total. The molecule has 7 heteroatoms. The fourth-order valence-electron chi connectivity index (χ4n) is 2.42. The summed E-state index contributed by atoms with van der Waals surface area (Å²) in [6, 6.07) is 6.76. The van der Waals surface area contributed by atoms with Crippen LogP contribution in [0.15, 0.2) is 28.8 Å². The predicted molar refractivity (Wildman–Crippen MR) is 86.4 cm³/mol. The molecule has 122 valence electrons. The summed E-state index contributed by atoms with van der Waals surface area (Å²) in [5.74, 6) is 2.66. The van der Waals surface area contributed by atoms with E-state index in [9.17, 15) is 4.79 Å². The van der Waals surface area contributed by atoms with Crippen molar-refractivity contribution in [2.24, 2.45) is 0 Å². The largest absolute Gasteiger partial charge is 0.493 e. The molecule has 1 fully saturated rings. The molecule has 0 aliphatic carbocycles. The van der Waals surface area contributed by atoms with Gasteiger partial charge >= 0.3 is 5.97 Å². The fraction of sp³-hybridized carbons (Fsp3) is 0.375. The van der Waals surface area contributed by atoms with Crippen molar-refractivity contribution in [3.8, 4) is 22.8 Å². The summed E-state index contributed by atoms with van der Waals surface area (Å²) in [6.07, 6.45) is 2.31. The monoisotopic (exact) mass is 335 g/mol. The zero-order valence-corrected chi connectivity index (χ0v) is 13.5. The second-order valence-electron chi connectivity index (χ2n) is 5.20. The van der Waals surface area contributed by atoms with Gasteiger partial charge in [-0.25, -0.2) is 4.79 Å². The van der Waals surface area contributed by atoms with E-state index in [1.165, 1.54) is 11.8 Å². The van der Waals surface area contributed by atoms with Crippen molar-refractivity contribution >= 4 is 17.7 Å². The smallest absolute Gasteiger partial charge is 0.358 e. The molecule has 0 bridgehead atoms. The summed E-state index contributed by atoms with van der Waals surface area (Å²) >= 11 is 1.88. The topological polar surface area (TPSA) is 81.8 Å². The third-order valence-corrected chi connectivity index (χ3v) is 4.77. The van der Waals surface area contributed by atoms with Crippen LogP contribution in [0.3, 0.4) is 0 Å². The van der Waals surface area contributed by atoms with Crippen LogP contribution in [0.1, 0.15) is 23.3 Å². The molecule has 0 saturated carbocycles. The number of carboxylic acids is 1. The lowest BCUT2D eigenvalue weighted by Gasteiger charge is -2.23. The number of rotatable bonds is 5. The third kappa shape index (κ3) is 3.61. The number of thioether (sulfide) groups is 1. The lowest BCUT2D eigenvalue weighted by molar-refractivity contribution is 0.0686. The molecule has 1 N–H and O–H groups in total. The van der Waals surface area contributed by atoms with Crippen LogP contribution in [0.25, 0.3) is 11.3 Å².